The number of phenols is 1. The molecule has 0 aromatic heterocycles. The molecule has 0 aliphatic carbocycles. The van der Waals surface area contributed by atoms with Crippen LogP contribution in [-0.2, 0) is 14.3 Å². The van der Waals surface area contributed by atoms with Crippen LogP contribution in [0.1, 0.15) is 63.9 Å². The molecule has 1 heterocycles. The standard InChI is InChI=1S/C20H30O5/c1-14(2)20-24-13-16(15-9-7-8-10-17(15)21)18(25-20)11-5-3-4-6-12-19(22)23/h7-10,14,16,18,20-21H,3-6,11-13H2,1-2H3,(H,22,23). The van der Waals surface area contributed by atoms with Gasteiger partial charge in [0.25, 0.3) is 0 Å². The van der Waals surface area contributed by atoms with Gasteiger partial charge in [0, 0.05) is 23.8 Å². The highest BCUT2D eigenvalue weighted by Gasteiger charge is 2.35. The van der Waals surface area contributed by atoms with Crippen LogP contribution in [0.3, 0.4) is 0 Å². The van der Waals surface area contributed by atoms with E-state index in [2.05, 4.69) is 13.8 Å². The molecule has 0 amide bonds. The lowest BCUT2D eigenvalue weighted by Gasteiger charge is -2.38. The van der Waals surface area contributed by atoms with Crippen molar-refractivity contribution in [2.24, 2.45) is 5.92 Å². The van der Waals surface area contributed by atoms with E-state index in [0.717, 1.165) is 37.7 Å². The first-order valence-corrected chi connectivity index (χ1v) is 9.25. The number of aliphatic carboxylic acids is 1. The van der Waals surface area contributed by atoms with E-state index in [-0.39, 0.29) is 36.4 Å². The van der Waals surface area contributed by atoms with Gasteiger partial charge in [-0.3, -0.25) is 4.79 Å². The predicted octanol–water partition coefficient (Wildman–Crippen LogP) is 4.30. The van der Waals surface area contributed by atoms with Gasteiger partial charge < -0.3 is 19.7 Å². The molecule has 3 unspecified atom stereocenters. The Morgan fingerprint density at radius 1 is 1.20 bits per heavy atom. The highest BCUT2D eigenvalue weighted by atomic mass is 16.7. The Morgan fingerprint density at radius 2 is 1.92 bits per heavy atom. The minimum Gasteiger partial charge on any atom is -0.508 e. The number of rotatable bonds is 9. The molecule has 5 heteroatoms. The lowest BCUT2D eigenvalue weighted by Crippen LogP contribution is -2.41. The van der Waals surface area contributed by atoms with Crippen LogP contribution in [0.5, 0.6) is 5.75 Å². The zero-order valence-corrected chi connectivity index (χ0v) is 15.2. The van der Waals surface area contributed by atoms with E-state index in [1.54, 1.807) is 6.07 Å². The fraction of sp³-hybridized carbons (Fsp3) is 0.650. The van der Waals surface area contributed by atoms with E-state index in [1.165, 1.54) is 0 Å². The number of carboxylic acid groups (broad SMARTS) is 1. The number of phenolic OH excluding ortho intramolecular Hbond substituents is 1. The van der Waals surface area contributed by atoms with Gasteiger partial charge in [0.1, 0.15) is 5.75 Å². The van der Waals surface area contributed by atoms with Crippen LogP contribution in [0.15, 0.2) is 24.3 Å². The molecule has 0 saturated carbocycles. The Labute approximate surface area is 150 Å². The van der Waals surface area contributed by atoms with Gasteiger partial charge in [0.05, 0.1) is 12.7 Å². The van der Waals surface area contributed by atoms with Crippen LogP contribution >= 0.6 is 0 Å². The molecule has 1 fully saturated rings. The van der Waals surface area contributed by atoms with Crippen molar-refractivity contribution < 1.29 is 24.5 Å². The second kappa shape index (κ2) is 9.78. The van der Waals surface area contributed by atoms with Gasteiger partial charge in [-0.2, -0.15) is 0 Å². The van der Waals surface area contributed by atoms with E-state index < -0.39 is 5.97 Å². The molecule has 140 valence electrons. The summed E-state index contributed by atoms with van der Waals surface area (Å²) in [4.78, 5) is 10.6. The van der Waals surface area contributed by atoms with Crippen molar-refractivity contribution in [3.05, 3.63) is 29.8 Å². The molecular weight excluding hydrogens is 320 g/mol. The molecule has 0 spiro atoms. The van der Waals surface area contributed by atoms with Crippen molar-refractivity contribution in [3.8, 4) is 5.75 Å². The number of aromatic hydroxyl groups is 1. The number of unbranched alkanes of at least 4 members (excludes halogenated alkanes) is 3. The fourth-order valence-electron chi connectivity index (χ4n) is 3.30. The quantitative estimate of drug-likeness (QED) is 0.650. The van der Waals surface area contributed by atoms with Crippen molar-refractivity contribution in [1.29, 1.82) is 0 Å². The monoisotopic (exact) mass is 350 g/mol. The molecule has 1 aliphatic rings. The summed E-state index contributed by atoms with van der Waals surface area (Å²) in [5.74, 6) is -0.139. The van der Waals surface area contributed by atoms with E-state index in [9.17, 15) is 9.90 Å². The number of hydrogen-bond donors (Lipinski definition) is 2. The highest BCUT2D eigenvalue weighted by molar-refractivity contribution is 5.66. The SMILES string of the molecule is CC(C)C1OCC(c2ccccc2O)C(CCCCCCC(=O)O)O1. The van der Waals surface area contributed by atoms with Gasteiger partial charge in [-0.25, -0.2) is 0 Å². The maximum atomic E-state index is 10.6. The van der Waals surface area contributed by atoms with Gasteiger partial charge in [0.15, 0.2) is 6.29 Å². The van der Waals surface area contributed by atoms with Gasteiger partial charge in [-0.05, 0) is 18.9 Å². The average Bonchev–Trinajstić information content (AvgIpc) is 2.58. The molecule has 1 aromatic rings. The van der Waals surface area contributed by atoms with E-state index >= 15 is 0 Å². The van der Waals surface area contributed by atoms with Crippen LogP contribution in [0.25, 0.3) is 0 Å². The Morgan fingerprint density at radius 3 is 2.60 bits per heavy atom. The lowest BCUT2D eigenvalue weighted by atomic mass is 9.89. The smallest absolute Gasteiger partial charge is 0.303 e. The van der Waals surface area contributed by atoms with Crippen LogP contribution in [0, 0.1) is 5.92 Å². The normalized spacial score (nSPS) is 23.7. The van der Waals surface area contributed by atoms with Gasteiger partial charge >= 0.3 is 5.97 Å². The number of carboxylic acids is 1. The summed E-state index contributed by atoms with van der Waals surface area (Å²) >= 11 is 0. The first kappa shape index (κ1) is 19.7. The molecule has 2 N–H and O–H groups in total. The predicted molar refractivity (Wildman–Crippen MR) is 95.6 cm³/mol. The Bertz CT molecular complexity index is 543. The van der Waals surface area contributed by atoms with Crippen LogP contribution in [0.4, 0.5) is 0 Å². The first-order valence-electron chi connectivity index (χ1n) is 9.25. The molecule has 0 bridgehead atoms. The molecular formula is C20H30O5. The second-order valence-corrected chi connectivity index (χ2v) is 7.13. The maximum absolute atomic E-state index is 10.6. The van der Waals surface area contributed by atoms with Gasteiger partial charge in [-0.1, -0.05) is 51.3 Å². The molecule has 2 rings (SSSR count). The number of ether oxygens (including phenoxy) is 2. The number of hydrogen-bond acceptors (Lipinski definition) is 4. The van der Waals surface area contributed by atoms with Crippen LogP contribution < -0.4 is 0 Å². The molecule has 0 radical (unpaired) electrons. The van der Waals surface area contributed by atoms with Crippen molar-refractivity contribution >= 4 is 5.97 Å². The van der Waals surface area contributed by atoms with Crippen molar-refractivity contribution in [3.63, 3.8) is 0 Å². The molecule has 3 atom stereocenters. The average molecular weight is 350 g/mol. The van der Waals surface area contributed by atoms with E-state index in [1.807, 2.05) is 18.2 Å². The van der Waals surface area contributed by atoms with Gasteiger partial charge in [0.2, 0.25) is 0 Å². The molecule has 25 heavy (non-hydrogen) atoms. The number of carbonyl (C=O) groups is 1. The summed E-state index contributed by atoms with van der Waals surface area (Å²) in [6.45, 7) is 4.70. The lowest BCUT2D eigenvalue weighted by molar-refractivity contribution is -0.240. The summed E-state index contributed by atoms with van der Waals surface area (Å²) < 4.78 is 12.1. The molecule has 1 saturated heterocycles. The van der Waals surface area contributed by atoms with Crippen LogP contribution in [0.2, 0.25) is 0 Å². The Hall–Kier alpha value is -1.59. The topological polar surface area (TPSA) is 76.0 Å². The van der Waals surface area contributed by atoms with E-state index in [0.29, 0.717) is 6.61 Å². The fourth-order valence-corrected chi connectivity index (χ4v) is 3.30. The maximum Gasteiger partial charge on any atom is 0.303 e. The van der Waals surface area contributed by atoms with E-state index in [4.69, 9.17) is 14.6 Å². The molecule has 1 aromatic carbocycles. The zero-order valence-electron chi connectivity index (χ0n) is 15.2. The highest BCUT2D eigenvalue weighted by Crippen LogP contribution is 2.36. The third kappa shape index (κ3) is 6.01. The molecule has 5 nitrogen and oxygen atoms in total. The van der Waals surface area contributed by atoms with Gasteiger partial charge in [-0.15, -0.1) is 0 Å². The summed E-state index contributed by atoms with van der Waals surface area (Å²) in [5, 5.41) is 18.9. The summed E-state index contributed by atoms with van der Waals surface area (Å²) in [7, 11) is 0. The summed E-state index contributed by atoms with van der Waals surface area (Å²) in [6, 6.07) is 7.37. The minimum atomic E-state index is -0.729. The Kier molecular flexibility index (Phi) is 7.72. The Balaban J connectivity index is 1.93. The van der Waals surface area contributed by atoms with Crippen LogP contribution in [-0.4, -0.2) is 35.2 Å². The first-order chi connectivity index (χ1) is 12.0. The zero-order chi connectivity index (χ0) is 18.2. The largest absolute Gasteiger partial charge is 0.508 e. The third-order valence-electron chi connectivity index (χ3n) is 4.71. The summed E-state index contributed by atoms with van der Waals surface area (Å²) in [6.07, 6.45) is 4.55. The third-order valence-corrected chi connectivity index (χ3v) is 4.71. The second-order valence-electron chi connectivity index (χ2n) is 7.13. The van der Waals surface area contributed by atoms with Crippen molar-refractivity contribution in [2.75, 3.05) is 6.61 Å². The minimum absolute atomic E-state index is 0.00826. The number of benzene rings is 1. The molecule has 1 aliphatic heterocycles. The van der Waals surface area contributed by atoms with Crippen molar-refractivity contribution in [2.45, 2.75) is 70.7 Å². The summed E-state index contributed by atoms with van der Waals surface area (Å²) in [5.41, 5.74) is 0.876. The number of para-hydroxylation sites is 1. The van der Waals surface area contributed by atoms with Crippen molar-refractivity contribution in [1.82, 2.24) is 0 Å².